The van der Waals surface area contributed by atoms with Crippen molar-refractivity contribution in [3.63, 3.8) is 0 Å². The summed E-state index contributed by atoms with van der Waals surface area (Å²) in [4.78, 5) is 14.3. The maximum absolute atomic E-state index is 11.3. The third-order valence-electron chi connectivity index (χ3n) is 0.475. The fourth-order valence-electron chi connectivity index (χ4n) is 0.230. The summed E-state index contributed by atoms with van der Waals surface area (Å²) in [5.41, 5.74) is 7.59. The molecule has 1 N–H and O–H groups in total. The molecule has 0 saturated heterocycles. The molecule has 0 aromatic heterocycles. The Labute approximate surface area is 62.5 Å². The Morgan fingerprint density at radius 2 is 2.17 bits per heavy atom. The number of hydroxylamine groups is 1. The Hall–Kier alpha value is -1.67. The smallest absolute Gasteiger partial charge is 0.444 e. The SMILES string of the molecule is [N-]=[N+]=NN(OC(F)(F)F)C(=O)O. The fourth-order valence-corrected chi connectivity index (χ4v) is 0.230. The highest BCUT2D eigenvalue weighted by Crippen LogP contribution is 2.18. The highest BCUT2D eigenvalue weighted by molar-refractivity contribution is 5.62. The van der Waals surface area contributed by atoms with Crippen LogP contribution < -0.4 is 0 Å². The van der Waals surface area contributed by atoms with Crippen molar-refractivity contribution in [3.05, 3.63) is 10.4 Å². The standard InChI is InChI=1S/C2HF3N4O3/c3-2(4,5)12-9(1(10)11)8-7-6/h(H,10,11). The van der Waals surface area contributed by atoms with Crippen molar-refractivity contribution in [1.82, 2.24) is 5.17 Å². The first kappa shape index (κ1) is 10.3. The van der Waals surface area contributed by atoms with Crippen LogP contribution in [-0.4, -0.2) is 22.7 Å². The van der Waals surface area contributed by atoms with Gasteiger partial charge in [0.1, 0.15) is 0 Å². The third kappa shape index (κ3) is 4.19. The lowest BCUT2D eigenvalue weighted by atomic mass is 11.2. The van der Waals surface area contributed by atoms with Crippen molar-refractivity contribution in [2.75, 3.05) is 0 Å². The van der Waals surface area contributed by atoms with Gasteiger partial charge in [-0.1, -0.05) is 4.84 Å². The summed E-state index contributed by atoms with van der Waals surface area (Å²) in [7, 11) is 0. The van der Waals surface area contributed by atoms with Gasteiger partial charge in [-0.05, 0) is 0 Å². The molecule has 0 aromatic rings. The van der Waals surface area contributed by atoms with Gasteiger partial charge in [0.15, 0.2) is 0 Å². The number of hydrogen-bond acceptors (Lipinski definition) is 3. The second kappa shape index (κ2) is 3.64. The van der Waals surface area contributed by atoms with E-state index in [1.54, 1.807) is 4.91 Å². The van der Waals surface area contributed by atoms with Crippen molar-refractivity contribution in [2.24, 2.45) is 5.22 Å². The number of amides is 1. The monoisotopic (exact) mass is 186 g/mol. The highest BCUT2D eigenvalue weighted by Gasteiger charge is 2.39. The number of rotatable bonds is 2. The number of nitrogens with zero attached hydrogens (tertiary/aromatic N) is 4. The molecule has 1 amide bonds. The van der Waals surface area contributed by atoms with Gasteiger partial charge in [-0.25, -0.2) is 0 Å². The van der Waals surface area contributed by atoms with E-state index in [-0.39, 0.29) is 0 Å². The van der Waals surface area contributed by atoms with Gasteiger partial charge in [0.25, 0.3) is 0 Å². The molecule has 0 aromatic carbocycles. The summed E-state index contributed by atoms with van der Waals surface area (Å²) in [6.45, 7) is 0. The van der Waals surface area contributed by atoms with Crippen LogP contribution in [0.25, 0.3) is 10.4 Å². The average molecular weight is 186 g/mol. The Kier molecular flexibility index (Phi) is 3.14. The quantitative estimate of drug-likeness (QED) is 0.307. The maximum atomic E-state index is 11.3. The minimum absolute atomic E-state index is 0.944. The van der Waals surface area contributed by atoms with Crippen LogP contribution in [0.5, 0.6) is 0 Å². The lowest BCUT2D eigenvalue weighted by Gasteiger charge is -2.06. The first-order valence-corrected chi connectivity index (χ1v) is 2.20. The third-order valence-corrected chi connectivity index (χ3v) is 0.475. The Morgan fingerprint density at radius 1 is 1.67 bits per heavy atom. The molecule has 68 valence electrons. The second-order valence-corrected chi connectivity index (χ2v) is 1.27. The van der Waals surface area contributed by atoms with Crippen LogP contribution in [0.2, 0.25) is 0 Å². The topological polar surface area (TPSA) is 98.5 Å². The summed E-state index contributed by atoms with van der Waals surface area (Å²) < 4.78 is 33.8. The van der Waals surface area contributed by atoms with Gasteiger partial charge in [0.05, 0.1) is 0 Å². The summed E-state index contributed by atoms with van der Waals surface area (Å²) in [6, 6.07) is 0. The lowest BCUT2D eigenvalue weighted by molar-refractivity contribution is -0.402. The van der Waals surface area contributed by atoms with Crippen LogP contribution in [0.15, 0.2) is 5.22 Å². The highest BCUT2D eigenvalue weighted by atomic mass is 19.4. The van der Waals surface area contributed by atoms with Crippen molar-refractivity contribution in [2.45, 2.75) is 6.36 Å². The molecule has 0 radical (unpaired) electrons. The summed E-state index contributed by atoms with van der Waals surface area (Å²) in [6.07, 6.45) is -7.39. The predicted octanol–water partition coefficient (Wildman–Crippen LogP) is 1.64. The van der Waals surface area contributed by atoms with E-state index >= 15 is 0 Å². The second-order valence-electron chi connectivity index (χ2n) is 1.27. The number of halogens is 3. The van der Waals surface area contributed by atoms with Gasteiger partial charge in [0, 0.05) is 10.4 Å². The zero-order valence-corrected chi connectivity index (χ0v) is 5.19. The Balaban J connectivity index is 4.34. The number of alkyl halides is 3. The van der Waals surface area contributed by atoms with Crippen molar-refractivity contribution in [1.29, 1.82) is 0 Å². The van der Waals surface area contributed by atoms with Crippen LogP contribution in [0.1, 0.15) is 0 Å². The zero-order chi connectivity index (χ0) is 9.78. The minimum Gasteiger partial charge on any atom is -0.444 e. The molecule has 10 heteroatoms. The normalized spacial score (nSPS) is 10.2. The zero-order valence-electron chi connectivity index (χ0n) is 5.19. The minimum atomic E-state index is -5.22. The molecule has 0 spiro atoms. The first-order valence-electron chi connectivity index (χ1n) is 2.20. The summed E-state index contributed by atoms with van der Waals surface area (Å²) >= 11 is 0. The molecule has 7 nitrogen and oxygen atoms in total. The van der Waals surface area contributed by atoms with Gasteiger partial charge >= 0.3 is 12.5 Å². The van der Waals surface area contributed by atoms with Crippen LogP contribution in [0.3, 0.4) is 0 Å². The van der Waals surface area contributed by atoms with Crippen molar-refractivity contribution >= 4 is 6.09 Å². The number of carboxylic acid groups (broad SMARTS) is 1. The molecule has 0 aliphatic carbocycles. The predicted molar refractivity (Wildman–Crippen MR) is 26.1 cm³/mol. The van der Waals surface area contributed by atoms with Crippen LogP contribution >= 0.6 is 0 Å². The summed E-state index contributed by atoms with van der Waals surface area (Å²) in [5, 5.41) is 9.04. The molecule has 0 fully saturated rings. The molecule has 0 rings (SSSR count). The molecule has 0 unspecified atom stereocenters. The number of azide groups is 1. The molecule has 0 aliphatic rings. The van der Waals surface area contributed by atoms with Crippen LogP contribution in [-0.2, 0) is 4.84 Å². The molecule has 0 atom stereocenters. The molecule has 0 bridgehead atoms. The molecular formula is C2HF3N4O3. The number of hydrogen-bond donors (Lipinski definition) is 1. The van der Waals surface area contributed by atoms with Crippen molar-refractivity contribution in [3.8, 4) is 0 Å². The van der Waals surface area contributed by atoms with E-state index in [1.165, 1.54) is 0 Å². The van der Waals surface area contributed by atoms with E-state index in [9.17, 15) is 18.0 Å². The largest absolute Gasteiger partial charge is 0.561 e. The first-order chi connectivity index (χ1) is 5.37. The fraction of sp³-hybridized carbons (Fsp3) is 0.500. The lowest BCUT2D eigenvalue weighted by Crippen LogP contribution is -2.30. The Bertz CT molecular complexity index is 218. The van der Waals surface area contributed by atoms with E-state index in [4.69, 9.17) is 10.6 Å². The Morgan fingerprint density at radius 3 is 2.42 bits per heavy atom. The van der Waals surface area contributed by atoms with E-state index in [0.29, 0.717) is 0 Å². The van der Waals surface area contributed by atoms with E-state index in [1.807, 2.05) is 0 Å². The molecular weight excluding hydrogens is 185 g/mol. The van der Waals surface area contributed by atoms with E-state index < -0.39 is 17.6 Å². The van der Waals surface area contributed by atoms with Crippen LogP contribution in [0.4, 0.5) is 18.0 Å². The van der Waals surface area contributed by atoms with Crippen molar-refractivity contribution < 1.29 is 27.9 Å². The number of carbonyl (C=O) groups is 1. The van der Waals surface area contributed by atoms with E-state index in [0.717, 1.165) is 0 Å². The molecule has 0 aliphatic heterocycles. The average Bonchev–Trinajstić information content (AvgIpc) is 1.83. The maximum Gasteiger partial charge on any atom is 0.561 e. The van der Waals surface area contributed by atoms with Gasteiger partial charge in [0.2, 0.25) is 0 Å². The molecule has 0 heterocycles. The van der Waals surface area contributed by atoms with Gasteiger partial charge in [-0.2, -0.15) is 9.71 Å². The van der Waals surface area contributed by atoms with Gasteiger partial charge in [-0.3, -0.25) is 0 Å². The van der Waals surface area contributed by atoms with Gasteiger partial charge < -0.3 is 5.11 Å². The summed E-state index contributed by atoms with van der Waals surface area (Å²) in [5.74, 6) is 0. The molecule has 0 saturated carbocycles. The molecule has 12 heavy (non-hydrogen) atoms. The van der Waals surface area contributed by atoms with Gasteiger partial charge in [-0.15, -0.1) is 18.7 Å². The van der Waals surface area contributed by atoms with Crippen LogP contribution in [0, 0.1) is 0 Å². The van der Waals surface area contributed by atoms with E-state index in [2.05, 4.69) is 10.1 Å².